The van der Waals surface area contributed by atoms with Crippen molar-refractivity contribution in [1.29, 1.82) is 0 Å². The average Bonchev–Trinajstić information content (AvgIpc) is 3.86. The smallest absolute Gasteiger partial charge is 0.329 e. The van der Waals surface area contributed by atoms with Gasteiger partial charge in [0.05, 0.1) is 30.8 Å². The van der Waals surface area contributed by atoms with Crippen LogP contribution >= 0.6 is 0 Å². The SMILES string of the molecule is COC(=O)[C@@H](NC(=O)N1C(=O)[C@@]2(c3cc(C#CC4=CCCCC4)ccc31)[C@H](C(=O)N1CCN(c3ncccn3)CC1)[C@H]1C(=O)O[C@H](c3ccccc3)[C@H](c3ccccc3)N1[C@@H]2c1ccc(O)cc1)C(C)C. The van der Waals surface area contributed by atoms with E-state index in [0.29, 0.717) is 41.3 Å². The van der Waals surface area contributed by atoms with Gasteiger partial charge in [-0.05, 0) is 95.8 Å². The molecule has 0 saturated carbocycles. The Kier molecular flexibility index (Phi) is 12.9. The molecular formula is C56H55N7O8. The van der Waals surface area contributed by atoms with Crippen molar-refractivity contribution in [3.63, 3.8) is 0 Å². The predicted molar refractivity (Wildman–Crippen MR) is 263 cm³/mol. The topological polar surface area (TPSA) is 175 Å². The van der Waals surface area contributed by atoms with E-state index in [0.717, 1.165) is 41.7 Å². The fourth-order valence-corrected chi connectivity index (χ4v) is 11.3. The number of aromatic hydroxyl groups is 1. The summed E-state index contributed by atoms with van der Waals surface area (Å²) in [5.41, 5.74) is 1.89. The Bertz CT molecular complexity index is 2930. The molecule has 1 aromatic heterocycles. The zero-order chi connectivity index (χ0) is 49.4. The highest BCUT2D eigenvalue weighted by molar-refractivity contribution is 6.25. The number of cyclic esters (lactones) is 1. The Balaban J connectivity index is 1.24. The number of esters is 2. The van der Waals surface area contributed by atoms with Gasteiger partial charge in [-0.3, -0.25) is 19.3 Å². The molecular weight excluding hydrogens is 899 g/mol. The van der Waals surface area contributed by atoms with Crippen LogP contribution in [0.4, 0.5) is 16.4 Å². The van der Waals surface area contributed by atoms with Gasteiger partial charge in [0.2, 0.25) is 17.8 Å². The third-order valence-corrected chi connectivity index (χ3v) is 14.6. The van der Waals surface area contributed by atoms with Crippen LogP contribution in [0.2, 0.25) is 0 Å². The van der Waals surface area contributed by atoms with Crippen molar-refractivity contribution in [3.8, 4) is 17.6 Å². The summed E-state index contributed by atoms with van der Waals surface area (Å²) in [7, 11) is 1.23. The monoisotopic (exact) mass is 953 g/mol. The lowest BCUT2D eigenvalue weighted by Gasteiger charge is -2.46. The van der Waals surface area contributed by atoms with Gasteiger partial charge in [0.25, 0.3) is 0 Å². The molecule has 1 aliphatic carbocycles. The number of benzene rings is 4. The molecule has 4 aromatic carbocycles. The van der Waals surface area contributed by atoms with Crippen LogP contribution in [0.5, 0.6) is 5.75 Å². The molecule has 1 spiro atoms. The number of morpholine rings is 1. The zero-order valence-electron chi connectivity index (χ0n) is 39.8. The molecule has 15 nitrogen and oxygen atoms in total. The molecule has 0 radical (unpaired) electrons. The lowest BCUT2D eigenvalue weighted by molar-refractivity contribution is -0.179. The lowest BCUT2D eigenvalue weighted by Crippen LogP contribution is -2.60. The zero-order valence-corrected chi connectivity index (χ0v) is 39.8. The normalized spacial score (nSPS) is 24.3. The number of nitrogens with zero attached hydrogens (tertiary/aromatic N) is 6. The molecule has 3 fully saturated rings. The van der Waals surface area contributed by atoms with Crippen LogP contribution in [0.25, 0.3) is 0 Å². The maximum Gasteiger partial charge on any atom is 0.329 e. The molecule has 5 aliphatic rings. The molecule has 2 N–H and O–H groups in total. The van der Waals surface area contributed by atoms with E-state index in [1.54, 1.807) is 67.5 Å². The summed E-state index contributed by atoms with van der Waals surface area (Å²) >= 11 is 0. The first-order chi connectivity index (χ1) is 34.5. The molecule has 4 aliphatic heterocycles. The second kappa shape index (κ2) is 19.5. The number of urea groups is 1. The summed E-state index contributed by atoms with van der Waals surface area (Å²) in [5.74, 6) is 2.52. The third kappa shape index (κ3) is 8.35. The molecule has 0 unspecified atom stereocenters. The summed E-state index contributed by atoms with van der Waals surface area (Å²) in [6.45, 7) is 4.62. The summed E-state index contributed by atoms with van der Waals surface area (Å²) < 4.78 is 11.8. The van der Waals surface area contributed by atoms with Crippen molar-refractivity contribution >= 4 is 41.4 Å². The largest absolute Gasteiger partial charge is 0.508 e. The van der Waals surface area contributed by atoms with E-state index in [2.05, 4.69) is 33.2 Å². The Labute approximate surface area is 412 Å². The molecule has 15 heteroatoms. The van der Waals surface area contributed by atoms with E-state index < -0.39 is 77.3 Å². The molecule has 71 heavy (non-hydrogen) atoms. The standard InChI is InChI=1S/C56H55N7O8/c1-35(2)45(51(66)70-3)59-55(69)62-43-27-22-37(21-20-36-14-7-4-8-15-36)34-42(43)56(53(62)68)44(50(65)60-30-32-61(33-31-60)54-57-28-13-29-58-54)47-52(67)71-48(39-18-11-6-12-19-39)46(38-16-9-5-10-17-38)63(47)49(56)40-23-25-41(64)26-24-40/h5-6,9-14,16-19,22-29,34-35,44-49,64H,4,7-8,15,30-33H2,1-3H3,(H,59,69)/t44-,45-,46-,47-,48+,49+,56-/m0/s1. The number of amides is 4. The number of aromatic nitrogens is 2. The van der Waals surface area contributed by atoms with E-state index in [-0.39, 0.29) is 24.5 Å². The Hall–Kier alpha value is -7.83. The van der Waals surface area contributed by atoms with Gasteiger partial charge in [0.1, 0.15) is 29.4 Å². The van der Waals surface area contributed by atoms with Crippen molar-refractivity contribution < 1.29 is 38.6 Å². The third-order valence-electron chi connectivity index (χ3n) is 14.6. The molecule has 5 aromatic rings. The van der Waals surface area contributed by atoms with Crippen LogP contribution in [-0.2, 0) is 34.1 Å². The first-order valence-corrected chi connectivity index (χ1v) is 24.3. The maximum atomic E-state index is 16.7. The van der Waals surface area contributed by atoms with Crippen molar-refractivity contribution in [1.82, 2.24) is 25.1 Å². The summed E-state index contributed by atoms with van der Waals surface area (Å²) in [5, 5.41) is 13.6. The number of methoxy groups -OCH3 is 1. The van der Waals surface area contributed by atoms with Crippen LogP contribution in [-0.4, -0.2) is 100 Å². The van der Waals surface area contributed by atoms with Crippen molar-refractivity contribution in [2.45, 2.75) is 75.2 Å². The number of ether oxygens (including phenoxy) is 2. The number of imide groups is 1. The minimum Gasteiger partial charge on any atom is -0.508 e. The Morgan fingerprint density at radius 1 is 0.817 bits per heavy atom. The number of rotatable bonds is 8. The van der Waals surface area contributed by atoms with E-state index in [9.17, 15) is 9.90 Å². The maximum absolute atomic E-state index is 16.7. The van der Waals surface area contributed by atoms with Crippen molar-refractivity contribution in [2.24, 2.45) is 11.8 Å². The Morgan fingerprint density at radius 3 is 2.15 bits per heavy atom. The van der Waals surface area contributed by atoms with Crippen LogP contribution in [0, 0.1) is 23.7 Å². The van der Waals surface area contributed by atoms with Gasteiger partial charge >= 0.3 is 18.0 Å². The molecule has 4 amide bonds. The van der Waals surface area contributed by atoms with Gasteiger partial charge in [-0.1, -0.05) is 105 Å². The van der Waals surface area contributed by atoms with Gasteiger partial charge in [-0.25, -0.2) is 24.5 Å². The minimum absolute atomic E-state index is 0.0404. The van der Waals surface area contributed by atoms with Gasteiger partial charge in [0, 0.05) is 44.1 Å². The predicted octanol–water partition coefficient (Wildman–Crippen LogP) is 6.96. The van der Waals surface area contributed by atoms with Crippen molar-refractivity contribution in [2.75, 3.05) is 43.1 Å². The van der Waals surface area contributed by atoms with Crippen LogP contribution < -0.4 is 15.1 Å². The fourth-order valence-electron chi connectivity index (χ4n) is 11.3. The molecule has 7 atom stereocenters. The van der Waals surface area contributed by atoms with Gasteiger partial charge in [-0.2, -0.15) is 0 Å². The number of carbonyl (C=O) groups is 5. The summed E-state index contributed by atoms with van der Waals surface area (Å²) in [6.07, 6.45) is 8.38. The van der Waals surface area contributed by atoms with E-state index >= 15 is 19.2 Å². The van der Waals surface area contributed by atoms with Gasteiger partial charge < -0.3 is 29.7 Å². The number of nitrogens with one attached hydrogen (secondary N) is 1. The van der Waals surface area contributed by atoms with E-state index in [1.165, 1.54) is 19.2 Å². The molecule has 5 heterocycles. The average molecular weight is 954 g/mol. The number of phenols is 1. The first-order valence-electron chi connectivity index (χ1n) is 24.3. The minimum atomic E-state index is -2.05. The molecule has 3 saturated heterocycles. The highest BCUT2D eigenvalue weighted by Crippen LogP contribution is 2.66. The number of piperazine rings is 1. The van der Waals surface area contributed by atoms with Gasteiger partial charge in [0.15, 0.2) is 0 Å². The fraction of sp³-hybridized carbons (Fsp3) is 0.339. The number of hydrogen-bond acceptors (Lipinski definition) is 12. The highest BCUT2D eigenvalue weighted by atomic mass is 16.6. The second-order valence-electron chi connectivity index (χ2n) is 19.0. The number of fused-ring (bicyclic) bond motifs is 3. The number of hydrogen-bond donors (Lipinski definition) is 2. The van der Waals surface area contributed by atoms with E-state index in [1.807, 2.05) is 70.5 Å². The second-order valence-corrected chi connectivity index (χ2v) is 19.0. The number of carbonyl (C=O) groups excluding carboxylic acids is 5. The Morgan fingerprint density at radius 2 is 1.51 bits per heavy atom. The summed E-state index contributed by atoms with van der Waals surface area (Å²) in [4.78, 5) is 92.5. The van der Waals surface area contributed by atoms with Crippen LogP contribution in [0.15, 0.2) is 133 Å². The molecule has 362 valence electrons. The van der Waals surface area contributed by atoms with Crippen LogP contribution in [0.1, 0.15) is 85.5 Å². The first kappa shape index (κ1) is 46.9. The number of anilines is 2. The number of allylic oxidation sites excluding steroid dienone is 2. The molecule has 10 rings (SSSR count). The van der Waals surface area contributed by atoms with E-state index in [4.69, 9.17) is 9.47 Å². The highest BCUT2D eigenvalue weighted by Gasteiger charge is 2.76. The number of phenolic OH excluding ortho intramolecular Hbond substituents is 1. The van der Waals surface area contributed by atoms with Gasteiger partial charge in [-0.15, -0.1) is 0 Å². The molecule has 0 bridgehead atoms. The van der Waals surface area contributed by atoms with Crippen LogP contribution in [0.3, 0.4) is 0 Å². The lowest BCUT2D eigenvalue weighted by atomic mass is 9.64. The quantitative estimate of drug-likeness (QED) is 0.121. The van der Waals surface area contributed by atoms with Crippen molar-refractivity contribution in [3.05, 3.63) is 161 Å². The summed E-state index contributed by atoms with van der Waals surface area (Å²) in [6, 6.07) is 26.8.